The van der Waals surface area contributed by atoms with Crippen molar-refractivity contribution in [3.8, 4) is 0 Å². The Morgan fingerprint density at radius 1 is 1.29 bits per heavy atom. The Morgan fingerprint density at radius 3 is 2.48 bits per heavy atom. The monoisotopic (exact) mass is 290 g/mol. The Hall–Kier alpha value is -1.39. The van der Waals surface area contributed by atoms with E-state index in [4.69, 9.17) is 4.74 Å². The molecule has 3 atom stereocenters. The molecule has 3 unspecified atom stereocenters. The SMILES string of the molecule is CCc1ccc(C2NC(C)C(=O)N2C(CC)COC)cc1. The van der Waals surface area contributed by atoms with E-state index >= 15 is 0 Å². The Kier molecular flexibility index (Phi) is 5.37. The fourth-order valence-corrected chi connectivity index (χ4v) is 2.91. The first-order valence-corrected chi connectivity index (χ1v) is 7.78. The van der Waals surface area contributed by atoms with Crippen LogP contribution in [0.2, 0.25) is 0 Å². The van der Waals surface area contributed by atoms with Gasteiger partial charge < -0.3 is 9.64 Å². The van der Waals surface area contributed by atoms with Crippen LogP contribution in [0.1, 0.15) is 44.5 Å². The molecule has 4 nitrogen and oxygen atoms in total. The molecule has 4 heteroatoms. The van der Waals surface area contributed by atoms with Crippen molar-refractivity contribution in [3.63, 3.8) is 0 Å². The van der Waals surface area contributed by atoms with Crippen LogP contribution in [-0.2, 0) is 16.0 Å². The highest BCUT2D eigenvalue weighted by Gasteiger charge is 2.40. The lowest BCUT2D eigenvalue weighted by Gasteiger charge is -2.32. The highest BCUT2D eigenvalue weighted by atomic mass is 16.5. The van der Waals surface area contributed by atoms with Gasteiger partial charge in [-0.25, -0.2) is 0 Å². The number of carbonyl (C=O) groups excluding carboxylic acids is 1. The van der Waals surface area contributed by atoms with Gasteiger partial charge >= 0.3 is 0 Å². The number of nitrogens with one attached hydrogen (secondary N) is 1. The lowest BCUT2D eigenvalue weighted by Crippen LogP contribution is -2.42. The quantitative estimate of drug-likeness (QED) is 0.875. The second-order valence-electron chi connectivity index (χ2n) is 5.65. The van der Waals surface area contributed by atoms with Crippen molar-refractivity contribution >= 4 is 5.91 Å². The maximum Gasteiger partial charge on any atom is 0.241 e. The second kappa shape index (κ2) is 7.05. The van der Waals surface area contributed by atoms with Gasteiger partial charge in [0.25, 0.3) is 0 Å². The molecule has 0 aliphatic carbocycles. The number of ether oxygens (including phenoxy) is 1. The number of rotatable bonds is 6. The molecule has 1 heterocycles. The Labute approximate surface area is 127 Å². The molecule has 1 N–H and O–H groups in total. The molecule has 0 aromatic heterocycles. The minimum absolute atomic E-state index is 0.0569. The van der Waals surface area contributed by atoms with Gasteiger partial charge in [0.2, 0.25) is 5.91 Å². The predicted octanol–water partition coefficient (Wildman–Crippen LogP) is 2.49. The van der Waals surface area contributed by atoms with Crippen LogP contribution in [0.3, 0.4) is 0 Å². The molecule has 1 saturated heterocycles. The average Bonchev–Trinajstić information content (AvgIpc) is 2.81. The predicted molar refractivity (Wildman–Crippen MR) is 84.0 cm³/mol. The van der Waals surface area contributed by atoms with E-state index in [0.717, 1.165) is 18.4 Å². The molecule has 0 radical (unpaired) electrons. The van der Waals surface area contributed by atoms with Gasteiger partial charge in [-0.3, -0.25) is 10.1 Å². The second-order valence-corrected chi connectivity index (χ2v) is 5.65. The molecule has 1 aliphatic rings. The van der Waals surface area contributed by atoms with Crippen molar-refractivity contribution < 1.29 is 9.53 Å². The molecule has 1 aromatic rings. The van der Waals surface area contributed by atoms with Crippen LogP contribution < -0.4 is 5.32 Å². The summed E-state index contributed by atoms with van der Waals surface area (Å²) in [7, 11) is 1.69. The minimum atomic E-state index is -0.147. The van der Waals surface area contributed by atoms with E-state index in [-0.39, 0.29) is 24.2 Å². The third kappa shape index (κ3) is 3.27. The molecular formula is C17H26N2O2. The summed E-state index contributed by atoms with van der Waals surface area (Å²) in [6.07, 6.45) is 1.86. The Balaban J connectivity index is 2.27. The normalized spacial score (nSPS) is 23.6. The van der Waals surface area contributed by atoms with Crippen molar-refractivity contribution in [2.24, 2.45) is 0 Å². The van der Waals surface area contributed by atoms with Crippen LogP contribution in [0.25, 0.3) is 0 Å². The highest BCUT2D eigenvalue weighted by molar-refractivity contribution is 5.84. The van der Waals surface area contributed by atoms with Crippen LogP contribution >= 0.6 is 0 Å². The summed E-state index contributed by atoms with van der Waals surface area (Å²) in [4.78, 5) is 14.4. The van der Waals surface area contributed by atoms with Crippen molar-refractivity contribution in [1.29, 1.82) is 0 Å². The smallest absolute Gasteiger partial charge is 0.241 e. The van der Waals surface area contributed by atoms with Gasteiger partial charge in [-0.05, 0) is 30.9 Å². The summed E-state index contributed by atoms with van der Waals surface area (Å²) in [6, 6.07) is 8.48. The van der Waals surface area contributed by atoms with Crippen molar-refractivity contribution in [2.75, 3.05) is 13.7 Å². The standard InChI is InChI=1S/C17H26N2O2/c1-5-13-7-9-14(10-8-13)16-18-12(3)17(20)19(16)15(6-2)11-21-4/h7-10,12,15-16,18H,5-6,11H2,1-4H3. The van der Waals surface area contributed by atoms with E-state index < -0.39 is 0 Å². The third-order valence-corrected chi connectivity index (χ3v) is 4.24. The van der Waals surface area contributed by atoms with Gasteiger partial charge in [-0.2, -0.15) is 0 Å². The zero-order chi connectivity index (χ0) is 15.4. The summed E-state index contributed by atoms with van der Waals surface area (Å²) >= 11 is 0. The van der Waals surface area contributed by atoms with E-state index in [1.165, 1.54) is 5.56 Å². The highest BCUT2D eigenvalue weighted by Crippen LogP contribution is 2.29. The summed E-state index contributed by atoms with van der Waals surface area (Å²) in [6.45, 7) is 6.74. The fraction of sp³-hybridized carbons (Fsp3) is 0.588. The number of carbonyl (C=O) groups is 1. The average molecular weight is 290 g/mol. The Morgan fingerprint density at radius 2 is 1.95 bits per heavy atom. The topological polar surface area (TPSA) is 41.6 Å². The van der Waals surface area contributed by atoms with Crippen LogP contribution in [0.5, 0.6) is 0 Å². The first-order chi connectivity index (χ1) is 10.1. The maximum absolute atomic E-state index is 12.5. The van der Waals surface area contributed by atoms with Gasteiger partial charge in [-0.1, -0.05) is 38.1 Å². The molecule has 2 rings (SSSR count). The molecular weight excluding hydrogens is 264 g/mol. The molecule has 21 heavy (non-hydrogen) atoms. The first kappa shape index (κ1) is 16.0. The summed E-state index contributed by atoms with van der Waals surface area (Å²) in [5, 5.41) is 3.40. The van der Waals surface area contributed by atoms with E-state index in [0.29, 0.717) is 6.61 Å². The minimum Gasteiger partial charge on any atom is -0.383 e. The van der Waals surface area contributed by atoms with Crippen molar-refractivity contribution in [2.45, 2.75) is 51.9 Å². The van der Waals surface area contributed by atoms with Gasteiger partial charge in [0.15, 0.2) is 0 Å². The molecule has 1 aromatic carbocycles. The van der Waals surface area contributed by atoms with Crippen molar-refractivity contribution in [3.05, 3.63) is 35.4 Å². The van der Waals surface area contributed by atoms with Gasteiger partial charge in [0.05, 0.1) is 18.7 Å². The number of methoxy groups -OCH3 is 1. The van der Waals surface area contributed by atoms with Gasteiger partial charge in [-0.15, -0.1) is 0 Å². The number of nitrogens with zero attached hydrogens (tertiary/aromatic N) is 1. The number of amides is 1. The number of hydrogen-bond donors (Lipinski definition) is 1. The largest absolute Gasteiger partial charge is 0.383 e. The number of aryl methyl sites for hydroxylation is 1. The summed E-state index contributed by atoms with van der Waals surface area (Å²) in [5.41, 5.74) is 2.45. The lowest BCUT2D eigenvalue weighted by molar-refractivity contribution is -0.133. The lowest BCUT2D eigenvalue weighted by atomic mass is 10.1. The zero-order valence-electron chi connectivity index (χ0n) is 13.4. The molecule has 1 fully saturated rings. The number of hydrogen-bond acceptors (Lipinski definition) is 3. The first-order valence-electron chi connectivity index (χ1n) is 7.78. The fourth-order valence-electron chi connectivity index (χ4n) is 2.91. The van der Waals surface area contributed by atoms with Crippen LogP contribution in [0.4, 0.5) is 0 Å². The molecule has 116 valence electrons. The van der Waals surface area contributed by atoms with E-state index in [2.05, 4.69) is 43.4 Å². The maximum atomic E-state index is 12.5. The zero-order valence-corrected chi connectivity index (χ0v) is 13.4. The molecule has 0 saturated carbocycles. The summed E-state index contributed by atoms with van der Waals surface area (Å²) < 4.78 is 5.29. The summed E-state index contributed by atoms with van der Waals surface area (Å²) in [5.74, 6) is 0.156. The molecule has 0 spiro atoms. The van der Waals surface area contributed by atoms with E-state index in [9.17, 15) is 4.79 Å². The number of benzene rings is 1. The van der Waals surface area contributed by atoms with Gasteiger partial charge in [0.1, 0.15) is 6.17 Å². The van der Waals surface area contributed by atoms with Crippen molar-refractivity contribution in [1.82, 2.24) is 10.2 Å². The van der Waals surface area contributed by atoms with Crippen LogP contribution in [0, 0.1) is 0 Å². The molecule has 0 bridgehead atoms. The van der Waals surface area contributed by atoms with Crippen LogP contribution in [-0.4, -0.2) is 36.6 Å². The Bertz CT molecular complexity index is 472. The van der Waals surface area contributed by atoms with Crippen LogP contribution in [0.15, 0.2) is 24.3 Å². The third-order valence-electron chi connectivity index (χ3n) is 4.24. The molecule has 1 aliphatic heterocycles. The van der Waals surface area contributed by atoms with E-state index in [1.54, 1.807) is 7.11 Å². The van der Waals surface area contributed by atoms with Gasteiger partial charge in [0, 0.05) is 7.11 Å². The molecule has 1 amide bonds. The van der Waals surface area contributed by atoms with E-state index in [1.807, 2.05) is 11.8 Å².